The summed E-state index contributed by atoms with van der Waals surface area (Å²) in [5, 5.41) is 2.89. The van der Waals surface area contributed by atoms with Gasteiger partial charge in [0.05, 0.1) is 23.6 Å². The van der Waals surface area contributed by atoms with Crippen molar-refractivity contribution < 1.29 is 9.53 Å². The van der Waals surface area contributed by atoms with Gasteiger partial charge >= 0.3 is 0 Å². The van der Waals surface area contributed by atoms with E-state index in [1.54, 1.807) is 7.11 Å². The smallest absolute Gasteiger partial charge is 0.253 e. The van der Waals surface area contributed by atoms with Gasteiger partial charge in [-0.25, -0.2) is 0 Å². The van der Waals surface area contributed by atoms with E-state index in [9.17, 15) is 4.79 Å². The molecular weight excluding hydrogens is 344 g/mol. The van der Waals surface area contributed by atoms with Gasteiger partial charge in [-0.3, -0.25) is 9.78 Å². The van der Waals surface area contributed by atoms with E-state index in [0.717, 1.165) is 15.7 Å². The average molecular weight is 363 g/mol. The molecule has 1 N–H and O–H groups in total. The number of amides is 1. The Hall–Kier alpha value is -1.72. The van der Waals surface area contributed by atoms with Crippen LogP contribution in [-0.2, 0) is 4.74 Å². The number of pyridine rings is 1. The van der Waals surface area contributed by atoms with Gasteiger partial charge in [-0.15, -0.1) is 0 Å². The fraction of sp³-hybridized carbons (Fsp3) is 0.294. The maximum absolute atomic E-state index is 12.2. The van der Waals surface area contributed by atoms with Crippen molar-refractivity contribution in [2.45, 2.75) is 19.9 Å². The molecule has 4 nitrogen and oxygen atoms in total. The van der Waals surface area contributed by atoms with Crippen molar-refractivity contribution in [1.29, 1.82) is 0 Å². The highest BCUT2D eigenvalue weighted by Gasteiger charge is 2.13. The van der Waals surface area contributed by atoms with E-state index in [1.807, 2.05) is 50.2 Å². The molecule has 1 atom stereocenters. The number of halogens is 1. The standard InChI is InChI=1S/C17H19BrN2O2/c1-11(10-22-3)19-17(21)15-7-8-16(20-12(15)2)13-5-4-6-14(18)9-13/h4-9,11H,10H2,1-3H3,(H,19,21)/t11-/m0/s1. The number of aromatic nitrogens is 1. The van der Waals surface area contributed by atoms with Gasteiger partial charge in [0.1, 0.15) is 0 Å². The molecule has 0 bridgehead atoms. The highest BCUT2D eigenvalue weighted by molar-refractivity contribution is 9.10. The molecule has 1 aromatic heterocycles. The predicted octanol–water partition coefficient (Wildman–Crippen LogP) is 3.58. The molecule has 22 heavy (non-hydrogen) atoms. The van der Waals surface area contributed by atoms with E-state index in [1.165, 1.54) is 0 Å². The number of nitrogens with zero attached hydrogens (tertiary/aromatic N) is 1. The molecule has 0 saturated carbocycles. The minimum Gasteiger partial charge on any atom is -0.383 e. The number of carbonyl (C=O) groups is 1. The molecular formula is C17H19BrN2O2. The first kappa shape index (κ1) is 16.6. The molecule has 116 valence electrons. The summed E-state index contributed by atoms with van der Waals surface area (Å²) in [6, 6.07) is 11.6. The molecule has 0 unspecified atom stereocenters. The van der Waals surface area contributed by atoms with Gasteiger partial charge in [-0.2, -0.15) is 0 Å². The van der Waals surface area contributed by atoms with E-state index in [-0.39, 0.29) is 11.9 Å². The van der Waals surface area contributed by atoms with Crippen molar-refractivity contribution in [3.05, 3.63) is 52.1 Å². The third-order valence-electron chi connectivity index (χ3n) is 3.24. The highest BCUT2D eigenvalue weighted by atomic mass is 79.9. The third kappa shape index (κ3) is 4.15. The van der Waals surface area contributed by atoms with Crippen LogP contribution in [0, 0.1) is 6.92 Å². The van der Waals surface area contributed by atoms with Crippen LogP contribution >= 0.6 is 15.9 Å². The summed E-state index contributed by atoms with van der Waals surface area (Å²) in [4.78, 5) is 16.8. The molecule has 0 aliphatic heterocycles. The Balaban J connectivity index is 2.21. The Labute approximate surface area is 139 Å². The van der Waals surface area contributed by atoms with Crippen LogP contribution in [0.15, 0.2) is 40.9 Å². The first-order valence-electron chi connectivity index (χ1n) is 7.04. The van der Waals surface area contributed by atoms with Crippen LogP contribution < -0.4 is 5.32 Å². The molecule has 2 aromatic rings. The van der Waals surface area contributed by atoms with Gasteiger partial charge in [0.2, 0.25) is 0 Å². The van der Waals surface area contributed by atoms with Gasteiger partial charge < -0.3 is 10.1 Å². The monoisotopic (exact) mass is 362 g/mol. The molecule has 5 heteroatoms. The van der Waals surface area contributed by atoms with Gasteiger partial charge in [-0.05, 0) is 38.1 Å². The maximum atomic E-state index is 12.2. The second-order valence-electron chi connectivity index (χ2n) is 5.17. The summed E-state index contributed by atoms with van der Waals surface area (Å²) in [6.07, 6.45) is 0. The summed E-state index contributed by atoms with van der Waals surface area (Å²) < 4.78 is 6.02. The minimum absolute atomic E-state index is 0.0401. The number of hydrogen-bond acceptors (Lipinski definition) is 3. The molecule has 0 saturated heterocycles. The van der Waals surface area contributed by atoms with Gasteiger partial charge in [0, 0.05) is 23.2 Å². The number of carbonyl (C=O) groups excluding carboxylic acids is 1. The number of rotatable bonds is 5. The lowest BCUT2D eigenvalue weighted by Crippen LogP contribution is -2.36. The van der Waals surface area contributed by atoms with Gasteiger partial charge in [0.25, 0.3) is 5.91 Å². The van der Waals surface area contributed by atoms with Crippen LogP contribution in [0.25, 0.3) is 11.3 Å². The Bertz CT molecular complexity index is 673. The van der Waals surface area contributed by atoms with Crippen LogP contribution in [-0.4, -0.2) is 30.6 Å². The minimum atomic E-state index is -0.129. The fourth-order valence-corrected chi connectivity index (χ4v) is 2.60. The van der Waals surface area contributed by atoms with Crippen LogP contribution in [0.1, 0.15) is 23.0 Å². The Morgan fingerprint density at radius 3 is 2.77 bits per heavy atom. The molecule has 2 rings (SSSR count). The maximum Gasteiger partial charge on any atom is 0.253 e. The number of nitrogens with one attached hydrogen (secondary N) is 1. The largest absolute Gasteiger partial charge is 0.383 e. The van der Waals surface area contributed by atoms with Crippen LogP contribution in [0.2, 0.25) is 0 Å². The number of benzene rings is 1. The fourth-order valence-electron chi connectivity index (χ4n) is 2.20. The SMILES string of the molecule is COC[C@H](C)NC(=O)c1ccc(-c2cccc(Br)c2)nc1C. The molecule has 0 fully saturated rings. The second kappa shape index (κ2) is 7.51. The second-order valence-corrected chi connectivity index (χ2v) is 6.09. The first-order valence-corrected chi connectivity index (χ1v) is 7.84. The molecule has 0 spiro atoms. The Kier molecular flexibility index (Phi) is 5.69. The summed E-state index contributed by atoms with van der Waals surface area (Å²) in [7, 11) is 1.61. The van der Waals surface area contributed by atoms with Crippen molar-refractivity contribution >= 4 is 21.8 Å². The highest BCUT2D eigenvalue weighted by Crippen LogP contribution is 2.22. The number of aryl methyl sites for hydroxylation is 1. The molecule has 0 aliphatic rings. The molecule has 0 radical (unpaired) electrons. The molecule has 1 heterocycles. The lowest BCUT2D eigenvalue weighted by Gasteiger charge is -2.14. The van der Waals surface area contributed by atoms with E-state index in [2.05, 4.69) is 26.2 Å². The number of hydrogen-bond donors (Lipinski definition) is 1. The molecule has 1 amide bonds. The zero-order valence-electron chi connectivity index (χ0n) is 12.9. The van der Waals surface area contributed by atoms with Crippen molar-refractivity contribution in [2.75, 3.05) is 13.7 Å². The lowest BCUT2D eigenvalue weighted by molar-refractivity contribution is 0.0904. The zero-order valence-corrected chi connectivity index (χ0v) is 14.5. The van der Waals surface area contributed by atoms with E-state index >= 15 is 0 Å². The number of ether oxygens (including phenoxy) is 1. The van der Waals surface area contributed by atoms with E-state index in [4.69, 9.17) is 4.74 Å². The third-order valence-corrected chi connectivity index (χ3v) is 3.74. The van der Waals surface area contributed by atoms with E-state index in [0.29, 0.717) is 17.9 Å². The Morgan fingerprint density at radius 1 is 1.36 bits per heavy atom. The quantitative estimate of drug-likeness (QED) is 0.884. The zero-order chi connectivity index (χ0) is 16.1. The normalized spacial score (nSPS) is 12.0. The van der Waals surface area contributed by atoms with E-state index < -0.39 is 0 Å². The van der Waals surface area contributed by atoms with Crippen molar-refractivity contribution in [3.63, 3.8) is 0 Å². The van der Waals surface area contributed by atoms with Crippen LogP contribution in [0.3, 0.4) is 0 Å². The van der Waals surface area contributed by atoms with Crippen molar-refractivity contribution in [1.82, 2.24) is 10.3 Å². The van der Waals surface area contributed by atoms with Crippen LogP contribution in [0.4, 0.5) is 0 Å². The summed E-state index contributed by atoms with van der Waals surface area (Å²) in [6.45, 7) is 4.23. The van der Waals surface area contributed by atoms with Gasteiger partial charge in [-0.1, -0.05) is 28.1 Å². The van der Waals surface area contributed by atoms with Crippen molar-refractivity contribution in [3.8, 4) is 11.3 Å². The van der Waals surface area contributed by atoms with Crippen molar-refractivity contribution in [2.24, 2.45) is 0 Å². The van der Waals surface area contributed by atoms with Crippen LogP contribution in [0.5, 0.6) is 0 Å². The summed E-state index contributed by atoms with van der Waals surface area (Å²) >= 11 is 3.45. The Morgan fingerprint density at radius 2 is 2.14 bits per heavy atom. The summed E-state index contributed by atoms with van der Waals surface area (Å²) in [5.41, 5.74) is 3.15. The lowest BCUT2D eigenvalue weighted by atomic mass is 10.1. The molecule has 1 aromatic carbocycles. The summed E-state index contributed by atoms with van der Waals surface area (Å²) in [5.74, 6) is -0.129. The topological polar surface area (TPSA) is 51.2 Å². The van der Waals surface area contributed by atoms with Gasteiger partial charge in [0.15, 0.2) is 0 Å². The average Bonchev–Trinajstić information content (AvgIpc) is 2.47. The number of methoxy groups -OCH3 is 1. The first-order chi connectivity index (χ1) is 10.5. The predicted molar refractivity (Wildman–Crippen MR) is 90.9 cm³/mol. The molecule has 0 aliphatic carbocycles.